The van der Waals surface area contributed by atoms with Gasteiger partial charge in [-0.1, -0.05) is 20.8 Å². The van der Waals surface area contributed by atoms with Crippen molar-refractivity contribution in [1.29, 1.82) is 0 Å². The number of rotatable bonds is 3. The van der Waals surface area contributed by atoms with E-state index in [1.54, 1.807) is 0 Å². The average Bonchev–Trinajstić information content (AvgIpc) is 2.84. The Bertz CT molecular complexity index is 361. The van der Waals surface area contributed by atoms with E-state index in [9.17, 15) is 0 Å². The summed E-state index contributed by atoms with van der Waals surface area (Å²) in [7, 11) is 2.02. The van der Waals surface area contributed by atoms with Crippen LogP contribution in [0.4, 0.5) is 0 Å². The Morgan fingerprint density at radius 3 is 2.69 bits per heavy atom. The molecule has 1 unspecified atom stereocenters. The standard InChI is InChI=1S/C12H22N4/c1-5-12(6-7-13-8-12)11-14-10(9(2)3)15-16(11)4/h9,13H,5-8H2,1-4H3. The molecule has 0 aliphatic carbocycles. The number of aromatic nitrogens is 3. The first-order chi connectivity index (χ1) is 7.59. The van der Waals surface area contributed by atoms with E-state index in [1.807, 2.05) is 11.7 Å². The van der Waals surface area contributed by atoms with Crippen molar-refractivity contribution < 1.29 is 0 Å². The quantitative estimate of drug-likeness (QED) is 0.844. The highest BCUT2D eigenvalue weighted by atomic mass is 15.3. The molecule has 1 saturated heterocycles. The van der Waals surface area contributed by atoms with Crippen LogP contribution in [-0.4, -0.2) is 27.9 Å². The predicted octanol–water partition coefficient (Wildman–Crippen LogP) is 1.58. The fraction of sp³-hybridized carbons (Fsp3) is 0.833. The zero-order chi connectivity index (χ0) is 11.8. The maximum atomic E-state index is 4.75. The van der Waals surface area contributed by atoms with Gasteiger partial charge in [0.2, 0.25) is 0 Å². The molecule has 4 nitrogen and oxygen atoms in total. The molecule has 1 N–H and O–H groups in total. The van der Waals surface area contributed by atoms with E-state index in [0.29, 0.717) is 5.92 Å². The Morgan fingerprint density at radius 1 is 1.50 bits per heavy atom. The molecule has 0 bridgehead atoms. The first-order valence-electron chi connectivity index (χ1n) is 6.21. The Kier molecular flexibility index (Phi) is 3.02. The molecule has 1 atom stereocenters. The molecule has 1 aromatic heterocycles. The molecule has 2 rings (SSSR count). The molecule has 1 aromatic rings. The van der Waals surface area contributed by atoms with Gasteiger partial charge in [0.25, 0.3) is 0 Å². The minimum absolute atomic E-state index is 0.203. The molecule has 0 aromatic carbocycles. The monoisotopic (exact) mass is 222 g/mol. The largest absolute Gasteiger partial charge is 0.316 e. The van der Waals surface area contributed by atoms with E-state index in [0.717, 1.165) is 31.2 Å². The SMILES string of the molecule is CCC1(c2nc(C(C)C)nn2C)CCNC1. The fourth-order valence-corrected chi connectivity index (χ4v) is 2.51. The number of hydrogen-bond acceptors (Lipinski definition) is 3. The summed E-state index contributed by atoms with van der Waals surface area (Å²) in [4.78, 5) is 4.75. The summed E-state index contributed by atoms with van der Waals surface area (Å²) >= 11 is 0. The summed E-state index contributed by atoms with van der Waals surface area (Å²) in [6.07, 6.45) is 2.30. The van der Waals surface area contributed by atoms with Crippen molar-refractivity contribution in [2.75, 3.05) is 13.1 Å². The van der Waals surface area contributed by atoms with Crippen LogP contribution >= 0.6 is 0 Å². The Balaban J connectivity index is 2.38. The fourth-order valence-electron chi connectivity index (χ4n) is 2.51. The van der Waals surface area contributed by atoms with Gasteiger partial charge in [0.1, 0.15) is 5.82 Å². The van der Waals surface area contributed by atoms with E-state index in [1.165, 1.54) is 6.42 Å². The van der Waals surface area contributed by atoms with Gasteiger partial charge in [0.05, 0.1) is 0 Å². The molecular weight excluding hydrogens is 200 g/mol. The van der Waals surface area contributed by atoms with E-state index < -0.39 is 0 Å². The molecular formula is C12H22N4. The van der Waals surface area contributed by atoms with Crippen LogP contribution in [0, 0.1) is 0 Å². The van der Waals surface area contributed by atoms with Crippen LogP contribution < -0.4 is 5.32 Å². The second-order valence-corrected chi connectivity index (χ2v) is 5.13. The Labute approximate surface area is 97.5 Å². The highest BCUT2D eigenvalue weighted by Crippen LogP contribution is 2.33. The van der Waals surface area contributed by atoms with Crippen molar-refractivity contribution in [3.63, 3.8) is 0 Å². The maximum absolute atomic E-state index is 4.75. The van der Waals surface area contributed by atoms with Crippen LogP contribution in [-0.2, 0) is 12.5 Å². The zero-order valence-electron chi connectivity index (χ0n) is 10.7. The van der Waals surface area contributed by atoms with E-state index in [2.05, 4.69) is 31.2 Å². The molecule has 16 heavy (non-hydrogen) atoms. The van der Waals surface area contributed by atoms with Gasteiger partial charge < -0.3 is 5.32 Å². The smallest absolute Gasteiger partial charge is 0.153 e. The molecule has 0 amide bonds. The van der Waals surface area contributed by atoms with Crippen LogP contribution in [0.15, 0.2) is 0 Å². The molecule has 1 fully saturated rings. The summed E-state index contributed by atoms with van der Waals surface area (Å²) in [5.74, 6) is 2.53. The molecule has 1 aliphatic heterocycles. The molecule has 90 valence electrons. The third kappa shape index (κ3) is 1.75. The van der Waals surface area contributed by atoms with Gasteiger partial charge in [-0.05, 0) is 19.4 Å². The molecule has 4 heteroatoms. The third-order valence-corrected chi connectivity index (χ3v) is 3.69. The molecule has 2 heterocycles. The molecule has 0 spiro atoms. The number of aryl methyl sites for hydroxylation is 1. The highest BCUT2D eigenvalue weighted by molar-refractivity contribution is 5.14. The van der Waals surface area contributed by atoms with Crippen molar-refractivity contribution in [2.45, 2.75) is 44.9 Å². The van der Waals surface area contributed by atoms with Gasteiger partial charge in [0, 0.05) is 24.9 Å². The van der Waals surface area contributed by atoms with Crippen LogP contribution in [0.5, 0.6) is 0 Å². The third-order valence-electron chi connectivity index (χ3n) is 3.69. The first kappa shape index (κ1) is 11.6. The van der Waals surface area contributed by atoms with Crippen LogP contribution in [0.1, 0.15) is 51.2 Å². The average molecular weight is 222 g/mol. The Hall–Kier alpha value is -0.900. The van der Waals surface area contributed by atoms with Gasteiger partial charge in [-0.25, -0.2) is 4.98 Å². The van der Waals surface area contributed by atoms with Gasteiger partial charge in [-0.2, -0.15) is 5.10 Å². The van der Waals surface area contributed by atoms with E-state index >= 15 is 0 Å². The van der Waals surface area contributed by atoms with Gasteiger partial charge >= 0.3 is 0 Å². The summed E-state index contributed by atoms with van der Waals surface area (Å²) in [6.45, 7) is 8.66. The summed E-state index contributed by atoms with van der Waals surface area (Å²) in [5.41, 5.74) is 0.203. The van der Waals surface area contributed by atoms with Gasteiger partial charge in [0.15, 0.2) is 5.82 Å². The highest BCUT2D eigenvalue weighted by Gasteiger charge is 2.38. The second kappa shape index (κ2) is 4.17. The number of nitrogens with zero attached hydrogens (tertiary/aromatic N) is 3. The lowest BCUT2D eigenvalue weighted by atomic mass is 9.83. The maximum Gasteiger partial charge on any atom is 0.153 e. The van der Waals surface area contributed by atoms with Gasteiger partial charge in [-0.3, -0.25) is 4.68 Å². The van der Waals surface area contributed by atoms with Crippen LogP contribution in [0.3, 0.4) is 0 Å². The molecule has 0 saturated carbocycles. The van der Waals surface area contributed by atoms with Crippen molar-refractivity contribution in [1.82, 2.24) is 20.1 Å². The minimum atomic E-state index is 0.203. The normalized spacial score (nSPS) is 25.6. The lowest BCUT2D eigenvalue weighted by Gasteiger charge is -2.24. The van der Waals surface area contributed by atoms with E-state index in [-0.39, 0.29) is 5.41 Å². The predicted molar refractivity (Wildman–Crippen MR) is 64.5 cm³/mol. The topological polar surface area (TPSA) is 42.7 Å². The second-order valence-electron chi connectivity index (χ2n) is 5.13. The van der Waals surface area contributed by atoms with Crippen LogP contribution in [0.2, 0.25) is 0 Å². The van der Waals surface area contributed by atoms with E-state index in [4.69, 9.17) is 4.98 Å². The minimum Gasteiger partial charge on any atom is -0.316 e. The van der Waals surface area contributed by atoms with Crippen molar-refractivity contribution in [3.05, 3.63) is 11.6 Å². The lowest BCUT2D eigenvalue weighted by Crippen LogP contribution is -2.31. The summed E-state index contributed by atoms with van der Waals surface area (Å²) in [6, 6.07) is 0. The molecule has 1 aliphatic rings. The molecule has 0 radical (unpaired) electrons. The lowest BCUT2D eigenvalue weighted by molar-refractivity contribution is 0.405. The van der Waals surface area contributed by atoms with Crippen molar-refractivity contribution >= 4 is 0 Å². The summed E-state index contributed by atoms with van der Waals surface area (Å²) < 4.78 is 1.98. The van der Waals surface area contributed by atoms with Crippen molar-refractivity contribution in [2.24, 2.45) is 7.05 Å². The van der Waals surface area contributed by atoms with Crippen molar-refractivity contribution in [3.8, 4) is 0 Å². The number of nitrogens with one attached hydrogen (secondary N) is 1. The van der Waals surface area contributed by atoms with Crippen LogP contribution in [0.25, 0.3) is 0 Å². The summed E-state index contributed by atoms with van der Waals surface area (Å²) in [5, 5.41) is 7.97. The number of hydrogen-bond donors (Lipinski definition) is 1. The Morgan fingerprint density at radius 2 is 2.25 bits per heavy atom. The van der Waals surface area contributed by atoms with Gasteiger partial charge in [-0.15, -0.1) is 0 Å². The first-order valence-corrected chi connectivity index (χ1v) is 6.21. The zero-order valence-corrected chi connectivity index (χ0v) is 10.7.